The molecule has 2 aromatic rings. The predicted octanol–water partition coefficient (Wildman–Crippen LogP) is 4.86. The lowest BCUT2D eigenvalue weighted by Crippen LogP contribution is -2.32. The summed E-state index contributed by atoms with van der Waals surface area (Å²) in [6.07, 6.45) is -0.803. The van der Waals surface area contributed by atoms with Crippen molar-refractivity contribution in [1.82, 2.24) is 15.1 Å². The molecule has 6 nitrogen and oxygen atoms in total. The number of hydrogen-bond donors (Lipinski definition) is 1. The molecule has 3 heterocycles. The van der Waals surface area contributed by atoms with Gasteiger partial charge in [-0.05, 0) is 67.7 Å². The van der Waals surface area contributed by atoms with Gasteiger partial charge in [-0.2, -0.15) is 13.2 Å². The number of anilines is 1. The summed E-state index contributed by atoms with van der Waals surface area (Å²) in [4.78, 5) is 2.52. The van der Waals surface area contributed by atoms with Crippen LogP contribution < -0.4 is 10.1 Å². The smallest absolute Gasteiger partial charge is 0.420 e. The number of alkyl halides is 3. The van der Waals surface area contributed by atoms with Crippen LogP contribution in [-0.2, 0) is 10.9 Å². The molecule has 1 aliphatic carbocycles. The molecule has 5 rings (SSSR count). The molecule has 0 bridgehead atoms. The maximum absolute atomic E-state index is 14.0. The maximum atomic E-state index is 14.0. The fourth-order valence-electron chi connectivity index (χ4n) is 5.88. The average Bonchev–Trinajstić information content (AvgIpc) is 3.37. The number of nitrogens with zero attached hydrogens (tertiary/aromatic N) is 3. The van der Waals surface area contributed by atoms with Crippen LogP contribution in [0.1, 0.15) is 31.2 Å². The SMILES string of the molecule is COc1ccc(F)cc1-c1cc(C(F)(F)F)c(NC2CC3CN(CC4CCOCC4)CC3C2)nn1. The normalized spacial score (nSPS) is 25.6. The zero-order valence-corrected chi connectivity index (χ0v) is 19.7. The quantitative estimate of drug-likeness (QED) is 0.579. The molecule has 2 atom stereocenters. The third-order valence-electron chi connectivity index (χ3n) is 7.56. The lowest BCUT2D eigenvalue weighted by Gasteiger charge is -2.28. The van der Waals surface area contributed by atoms with Gasteiger partial charge in [-0.3, -0.25) is 0 Å². The van der Waals surface area contributed by atoms with Crippen molar-refractivity contribution in [3.63, 3.8) is 0 Å². The van der Waals surface area contributed by atoms with Crippen LogP contribution in [0.4, 0.5) is 23.4 Å². The number of hydrogen-bond acceptors (Lipinski definition) is 6. The van der Waals surface area contributed by atoms with Crippen LogP contribution in [-0.4, -0.2) is 61.1 Å². The summed E-state index contributed by atoms with van der Waals surface area (Å²) in [7, 11) is 1.37. The van der Waals surface area contributed by atoms with E-state index in [1.54, 1.807) is 0 Å². The van der Waals surface area contributed by atoms with Crippen molar-refractivity contribution >= 4 is 5.82 Å². The maximum Gasteiger partial charge on any atom is 0.420 e. The van der Waals surface area contributed by atoms with Gasteiger partial charge >= 0.3 is 6.18 Å². The second-order valence-corrected chi connectivity index (χ2v) is 9.94. The summed E-state index contributed by atoms with van der Waals surface area (Å²) in [6.45, 7) is 4.76. The highest BCUT2D eigenvalue weighted by atomic mass is 19.4. The van der Waals surface area contributed by atoms with E-state index in [0.29, 0.717) is 17.8 Å². The first-order valence-electron chi connectivity index (χ1n) is 12.2. The number of ether oxygens (including phenoxy) is 2. The molecule has 0 radical (unpaired) electrons. The first-order valence-corrected chi connectivity index (χ1v) is 12.2. The fourth-order valence-corrected chi connectivity index (χ4v) is 5.88. The molecule has 3 aliphatic rings. The molecule has 0 spiro atoms. The molecular formula is C25H30F4N4O2. The molecule has 2 aliphatic heterocycles. The average molecular weight is 495 g/mol. The van der Waals surface area contributed by atoms with Gasteiger partial charge in [0.15, 0.2) is 5.82 Å². The van der Waals surface area contributed by atoms with Crippen LogP contribution >= 0.6 is 0 Å². The van der Waals surface area contributed by atoms with Gasteiger partial charge < -0.3 is 19.7 Å². The lowest BCUT2D eigenvalue weighted by molar-refractivity contribution is -0.137. The van der Waals surface area contributed by atoms with E-state index in [-0.39, 0.29) is 28.9 Å². The summed E-state index contributed by atoms with van der Waals surface area (Å²) in [5.41, 5.74) is -0.879. The first kappa shape index (κ1) is 24.2. The number of nitrogens with one attached hydrogen (secondary N) is 1. The molecule has 2 saturated heterocycles. The van der Waals surface area contributed by atoms with Crippen LogP contribution in [0.2, 0.25) is 0 Å². The van der Waals surface area contributed by atoms with Gasteiger partial charge in [-0.15, -0.1) is 10.2 Å². The molecule has 1 aromatic heterocycles. The predicted molar refractivity (Wildman–Crippen MR) is 123 cm³/mol. The molecule has 35 heavy (non-hydrogen) atoms. The Morgan fingerprint density at radius 1 is 1.09 bits per heavy atom. The van der Waals surface area contributed by atoms with Crippen molar-refractivity contribution in [2.75, 3.05) is 45.3 Å². The molecule has 190 valence electrons. The Morgan fingerprint density at radius 3 is 2.46 bits per heavy atom. The summed E-state index contributed by atoms with van der Waals surface area (Å²) in [6, 6.07) is 4.46. The number of methoxy groups -OCH3 is 1. The van der Waals surface area contributed by atoms with Crippen LogP contribution in [0, 0.1) is 23.6 Å². The summed E-state index contributed by atoms with van der Waals surface area (Å²) >= 11 is 0. The van der Waals surface area contributed by atoms with Crippen molar-refractivity contribution < 1.29 is 27.0 Å². The Balaban J connectivity index is 1.28. The second kappa shape index (κ2) is 9.89. The molecule has 1 saturated carbocycles. The van der Waals surface area contributed by atoms with E-state index in [0.717, 1.165) is 70.7 Å². The highest BCUT2D eigenvalue weighted by Gasteiger charge is 2.43. The van der Waals surface area contributed by atoms with Gasteiger partial charge in [0.25, 0.3) is 0 Å². The van der Waals surface area contributed by atoms with E-state index in [1.807, 2.05) is 0 Å². The van der Waals surface area contributed by atoms with Crippen LogP contribution in [0.25, 0.3) is 11.3 Å². The van der Waals surface area contributed by atoms with Crippen molar-refractivity contribution in [1.29, 1.82) is 0 Å². The Hall–Kier alpha value is -2.46. The van der Waals surface area contributed by atoms with Crippen LogP contribution in [0.3, 0.4) is 0 Å². The van der Waals surface area contributed by atoms with E-state index in [1.165, 1.54) is 19.2 Å². The van der Waals surface area contributed by atoms with E-state index in [9.17, 15) is 17.6 Å². The molecule has 10 heteroatoms. The van der Waals surface area contributed by atoms with Gasteiger partial charge in [0.1, 0.15) is 17.1 Å². The third kappa shape index (κ3) is 5.38. The largest absolute Gasteiger partial charge is 0.496 e. The number of likely N-dealkylation sites (tertiary alicyclic amines) is 1. The van der Waals surface area contributed by atoms with Crippen molar-refractivity contribution in [2.24, 2.45) is 17.8 Å². The Morgan fingerprint density at radius 2 is 1.80 bits per heavy atom. The van der Waals surface area contributed by atoms with Crippen molar-refractivity contribution in [2.45, 2.75) is 37.9 Å². The van der Waals surface area contributed by atoms with E-state index in [2.05, 4.69) is 20.4 Å². The van der Waals surface area contributed by atoms with E-state index < -0.39 is 17.6 Å². The van der Waals surface area contributed by atoms with Gasteiger partial charge in [0, 0.05) is 44.5 Å². The zero-order valence-electron chi connectivity index (χ0n) is 19.7. The minimum absolute atomic E-state index is 0.0832. The highest BCUT2D eigenvalue weighted by Crippen LogP contribution is 2.42. The zero-order chi connectivity index (χ0) is 24.6. The van der Waals surface area contributed by atoms with Gasteiger partial charge in [0.05, 0.1) is 12.8 Å². The minimum atomic E-state index is -4.64. The monoisotopic (exact) mass is 494 g/mol. The standard InChI is InChI=1S/C25H30F4N4O2/c1-34-23-3-2-18(26)10-20(23)22-11-21(25(27,28)29)24(32-31-22)30-19-8-16-13-33(14-17(16)9-19)12-15-4-6-35-7-5-15/h2-3,10-11,15-17,19H,4-9,12-14H2,1H3,(H,30,32). The topological polar surface area (TPSA) is 59.5 Å². The molecule has 2 unspecified atom stereocenters. The fraction of sp³-hybridized carbons (Fsp3) is 0.600. The number of fused-ring (bicyclic) bond motifs is 1. The van der Waals surface area contributed by atoms with E-state index in [4.69, 9.17) is 9.47 Å². The summed E-state index contributed by atoms with van der Waals surface area (Å²) in [5, 5.41) is 10.9. The highest BCUT2D eigenvalue weighted by molar-refractivity contribution is 5.69. The lowest BCUT2D eigenvalue weighted by atomic mass is 10.00. The van der Waals surface area contributed by atoms with Gasteiger partial charge in [-0.1, -0.05) is 0 Å². The Bertz CT molecular complexity index is 1030. The molecule has 3 fully saturated rings. The minimum Gasteiger partial charge on any atom is -0.496 e. The summed E-state index contributed by atoms with van der Waals surface area (Å²) in [5.74, 6) is 0.984. The van der Waals surface area contributed by atoms with Gasteiger partial charge in [0.2, 0.25) is 0 Å². The second-order valence-electron chi connectivity index (χ2n) is 9.94. The number of rotatable bonds is 6. The van der Waals surface area contributed by atoms with Gasteiger partial charge in [-0.25, -0.2) is 4.39 Å². The van der Waals surface area contributed by atoms with Crippen molar-refractivity contribution in [3.8, 4) is 17.0 Å². The first-order chi connectivity index (χ1) is 16.8. The Labute approximate surface area is 202 Å². The molecular weight excluding hydrogens is 464 g/mol. The molecule has 1 N–H and O–H groups in total. The third-order valence-corrected chi connectivity index (χ3v) is 7.56. The number of aromatic nitrogens is 2. The van der Waals surface area contributed by atoms with Crippen LogP contribution in [0.5, 0.6) is 5.75 Å². The molecule has 0 amide bonds. The number of benzene rings is 1. The Kier molecular flexibility index (Phi) is 6.85. The molecule has 1 aromatic carbocycles. The van der Waals surface area contributed by atoms with Crippen molar-refractivity contribution in [3.05, 3.63) is 35.6 Å². The number of halogens is 4. The van der Waals surface area contributed by atoms with E-state index >= 15 is 0 Å². The van der Waals surface area contributed by atoms with Crippen LogP contribution in [0.15, 0.2) is 24.3 Å². The summed E-state index contributed by atoms with van der Waals surface area (Å²) < 4.78 is 66.3.